The number of fused-ring (bicyclic) bond motifs is 6. The molecule has 10 rings (SSSR count). The maximum atomic E-state index is 6.75. The lowest BCUT2D eigenvalue weighted by molar-refractivity contribution is 0.140. The van der Waals surface area contributed by atoms with E-state index in [-0.39, 0.29) is 6.17 Å². The first-order valence-corrected chi connectivity index (χ1v) is 19.2. The van der Waals surface area contributed by atoms with E-state index in [1.807, 2.05) is 30.3 Å². The van der Waals surface area contributed by atoms with Gasteiger partial charge in [0, 0.05) is 45.9 Å². The molecule has 2 aromatic heterocycles. The summed E-state index contributed by atoms with van der Waals surface area (Å²) in [5.74, 6) is 0. The maximum Gasteiger partial charge on any atom is 0.143 e. The third-order valence-corrected chi connectivity index (χ3v) is 10.8. The minimum absolute atomic E-state index is 0.353. The van der Waals surface area contributed by atoms with E-state index in [9.17, 15) is 0 Å². The first kappa shape index (κ1) is 33.8. The molecule has 5 nitrogen and oxygen atoms in total. The Morgan fingerprint density at radius 2 is 1.16 bits per heavy atom. The average Bonchev–Trinajstić information content (AvgIpc) is 3.80. The number of hydrogen-bond acceptors (Lipinski definition) is 4. The van der Waals surface area contributed by atoms with Crippen molar-refractivity contribution in [1.29, 1.82) is 0 Å². The average molecular weight is 725 g/mol. The summed E-state index contributed by atoms with van der Waals surface area (Å²) >= 11 is 0. The minimum Gasteiger partial charge on any atom is -0.455 e. The Morgan fingerprint density at radius 3 is 2.00 bits per heavy atom. The predicted octanol–water partition coefficient (Wildman–Crippen LogP) is 12.2. The van der Waals surface area contributed by atoms with Gasteiger partial charge in [-0.1, -0.05) is 152 Å². The topological polar surface area (TPSA) is 59.4 Å². The second-order valence-corrected chi connectivity index (χ2v) is 14.5. The minimum atomic E-state index is -0.353. The highest BCUT2D eigenvalue weighted by molar-refractivity contribution is 6.13. The van der Waals surface area contributed by atoms with E-state index in [2.05, 4.69) is 179 Å². The number of hydrazine groups is 1. The summed E-state index contributed by atoms with van der Waals surface area (Å²) in [4.78, 5) is 0. The van der Waals surface area contributed by atoms with E-state index in [1.165, 1.54) is 38.5 Å². The fraction of sp³-hybridized carbons (Fsp3) is 0.0588. The molecule has 10 aromatic rings. The van der Waals surface area contributed by atoms with Gasteiger partial charge in [0.15, 0.2) is 0 Å². The van der Waals surface area contributed by atoms with Crippen molar-refractivity contribution < 1.29 is 4.42 Å². The van der Waals surface area contributed by atoms with Crippen LogP contribution < -0.4 is 11.2 Å². The van der Waals surface area contributed by atoms with Crippen molar-refractivity contribution in [1.82, 2.24) is 15.0 Å². The Balaban J connectivity index is 0.978. The Labute approximate surface area is 325 Å². The van der Waals surface area contributed by atoms with Crippen molar-refractivity contribution >= 4 is 43.7 Å². The monoisotopic (exact) mass is 724 g/mol. The molecule has 270 valence electrons. The molecule has 2 heterocycles. The fourth-order valence-electron chi connectivity index (χ4n) is 8.14. The number of nitrogens with one attached hydrogen (secondary N) is 1. The van der Waals surface area contributed by atoms with Crippen molar-refractivity contribution in [3.05, 3.63) is 211 Å². The van der Waals surface area contributed by atoms with Crippen LogP contribution in [0.4, 0.5) is 0 Å². The molecule has 3 N–H and O–H groups in total. The van der Waals surface area contributed by atoms with Gasteiger partial charge in [0.05, 0.1) is 17.2 Å². The van der Waals surface area contributed by atoms with Crippen molar-refractivity contribution in [2.45, 2.75) is 19.3 Å². The van der Waals surface area contributed by atoms with E-state index in [0.29, 0.717) is 13.1 Å². The molecule has 0 aliphatic heterocycles. The number of nitrogens with two attached hydrogens (primary N) is 1. The highest BCUT2D eigenvalue weighted by Gasteiger charge is 2.18. The first-order valence-electron chi connectivity index (χ1n) is 19.2. The molecule has 0 saturated carbocycles. The van der Waals surface area contributed by atoms with Gasteiger partial charge in [-0.05, 0) is 75.8 Å². The van der Waals surface area contributed by atoms with Crippen LogP contribution in [-0.4, -0.2) is 9.58 Å². The third-order valence-electron chi connectivity index (χ3n) is 10.8. The summed E-state index contributed by atoms with van der Waals surface area (Å²) < 4.78 is 8.80. The van der Waals surface area contributed by atoms with Crippen LogP contribution >= 0.6 is 0 Å². The van der Waals surface area contributed by atoms with Crippen molar-refractivity contribution in [2.75, 3.05) is 0 Å². The largest absolute Gasteiger partial charge is 0.455 e. The summed E-state index contributed by atoms with van der Waals surface area (Å²) in [5.41, 5.74) is 23.7. The van der Waals surface area contributed by atoms with Gasteiger partial charge in [0.1, 0.15) is 11.2 Å². The summed E-state index contributed by atoms with van der Waals surface area (Å²) in [7, 11) is 0. The highest BCUT2D eigenvalue weighted by atomic mass is 16.3. The molecule has 1 atom stereocenters. The molecule has 0 aliphatic carbocycles. The number of para-hydroxylation sites is 3. The zero-order chi connectivity index (χ0) is 37.4. The van der Waals surface area contributed by atoms with E-state index < -0.39 is 0 Å². The van der Waals surface area contributed by atoms with Crippen LogP contribution in [0, 0.1) is 0 Å². The van der Waals surface area contributed by atoms with E-state index in [1.54, 1.807) is 0 Å². The smallest absolute Gasteiger partial charge is 0.143 e. The van der Waals surface area contributed by atoms with Gasteiger partial charge in [0.25, 0.3) is 0 Å². The summed E-state index contributed by atoms with van der Waals surface area (Å²) in [6.07, 6.45) is -0.353. The van der Waals surface area contributed by atoms with Crippen LogP contribution in [0.3, 0.4) is 0 Å². The molecule has 0 amide bonds. The molecular formula is C51H40N4O. The quantitative estimate of drug-likeness (QED) is 0.109. The standard InChI is InChI=1S/C51H40N4O/c52-51(38-16-5-2-6-17-38)53-54(34-36-13-11-18-39(31-36)37-14-3-1-4-15-37)33-35-25-28-41(29-26-35)55-47-23-9-7-19-43(47)46-32-40(27-30-48(46)55)42-21-12-22-45-44-20-8-10-24-49(44)56-50(42)45/h1-32,51,53H,33-34,52H2. The number of rotatable bonds is 10. The lowest BCUT2D eigenvalue weighted by Gasteiger charge is -2.28. The fourth-order valence-corrected chi connectivity index (χ4v) is 8.14. The Morgan fingerprint density at radius 1 is 0.500 bits per heavy atom. The van der Waals surface area contributed by atoms with Gasteiger partial charge in [-0.25, -0.2) is 10.4 Å². The van der Waals surface area contributed by atoms with E-state index >= 15 is 0 Å². The van der Waals surface area contributed by atoms with Crippen LogP contribution in [0.15, 0.2) is 199 Å². The Kier molecular flexibility index (Phi) is 8.73. The van der Waals surface area contributed by atoms with Gasteiger partial charge in [-0.2, -0.15) is 0 Å². The molecule has 0 spiro atoms. The highest BCUT2D eigenvalue weighted by Crippen LogP contribution is 2.39. The number of hydrogen-bond donors (Lipinski definition) is 2. The lowest BCUT2D eigenvalue weighted by atomic mass is 10.0. The van der Waals surface area contributed by atoms with Crippen LogP contribution in [0.5, 0.6) is 0 Å². The van der Waals surface area contributed by atoms with Gasteiger partial charge in [0.2, 0.25) is 0 Å². The number of furan rings is 1. The number of benzene rings is 8. The molecule has 0 fully saturated rings. The van der Waals surface area contributed by atoms with Crippen LogP contribution in [0.25, 0.3) is 71.7 Å². The predicted molar refractivity (Wildman–Crippen MR) is 231 cm³/mol. The van der Waals surface area contributed by atoms with Crippen molar-refractivity contribution in [2.24, 2.45) is 5.73 Å². The molecule has 0 bridgehead atoms. The van der Waals surface area contributed by atoms with Gasteiger partial charge in [-0.15, -0.1) is 0 Å². The normalized spacial score (nSPS) is 12.3. The van der Waals surface area contributed by atoms with E-state index in [0.717, 1.165) is 49.8 Å². The zero-order valence-electron chi connectivity index (χ0n) is 30.8. The van der Waals surface area contributed by atoms with Crippen LogP contribution in [0.2, 0.25) is 0 Å². The summed E-state index contributed by atoms with van der Waals surface area (Å²) in [6.45, 7) is 1.35. The maximum absolute atomic E-state index is 6.75. The Bertz CT molecular complexity index is 2970. The first-order chi connectivity index (χ1) is 27.7. The van der Waals surface area contributed by atoms with E-state index in [4.69, 9.17) is 10.2 Å². The number of aromatic nitrogens is 1. The second kappa shape index (κ2) is 14.5. The van der Waals surface area contributed by atoms with Gasteiger partial charge < -0.3 is 14.7 Å². The zero-order valence-corrected chi connectivity index (χ0v) is 30.8. The van der Waals surface area contributed by atoms with Gasteiger partial charge in [-0.3, -0.25) is 0 Å². The number of nitrogens with zero attached hydrogens (tertiary/aromatic N) is 2. The molecule has 1 unspecified atom stereocenters. The Hall–Kier alpha value is -6.76. The SMILES string of the molecule is NC(NN(Cc1ccc(-n2c3ccccc3c3cc(-c4cccc5c4oc4ccccc45)ccc32)cc1)Cc1cccc(-c2ccccc2)c1)c1ccccc1. The third kappa shape index (κ3) is 6.34. The molecule has 0 aliphatic rings. The molecule has 0 radical (unpaired) electrons. The molecular weight excluding hydrogens is 685 g/mol. The van der Waals surface area contributed by atoms with Gasteiger partial charge >= 0.3 is 0 Å². The van der Waals surface area contributed by atoms with Crippen molar-refractivity contribution in [3.8, 4) is 27.9 Å². The summed E-state index contributed by atoms with van der Waals surface area (Å²) in [5, 5.41) is 6.92. The molecule has 5 heteroatoms. The lowest BCUT2D eigenvalue weighted by Crippen LogP contribution is -2.43. The molecule has 8 aromatic carbocycles. The van der Waals surface area contributed by atoms with Crippen LogP contribution in [-0.2, 0) is 13.1 Å². The summed E-state index contributed by atoms with van der Waals surface area (Å²) in [6, 6.07) is 68.6. The second-order valence-electron chi connectivity index (χ2n) is 14.5. The molecule has 0 saturated heterocycles. The van der Waals surface area contributed by atoms with Crippen LogP contribution in [0.1, 0.15) is 22.9 Å². The molecule has 56 heavy (non-hydrogen) atoms. The van der Waals surface area contributed by atoms with Crippen molar-refractivity contribution in [3.63, 3.8) is 0 Å².